The molecule has 0 spiro atoms. The zero-order valence-corrected chi connectivity index (χ0v) is 13.4. The molecule has 118 valence electrons. The van der Waals surface area contributed by atoms with Crippen molar-refractivity contribution in [2.75, 3.05) is 0 Å². The molecule has 2 aliphatic rings. The van der Waals surface area contributed by atoms with Crippen LogP contribution in [0.15, 0.2) is 48.5 Å². The summed E-state index contributed by atoms with van der Waals surface area (Å²) in [6.45, 7) is 0. The number of benzene rings is 2. The van der Waals surface area contributed by atoms with Gasteiger partial charge < -0.3 is 4.57 Å². The molecule has 1 saturated carbocycles. The van der Waals surface area contributed by atoms with Crippen LogP contribution in [0.25, 0.3) is 21.8 Å². The van der Waals surface area contributed by atoms with Gasteiger partial charge in [-0.3, -0.25) is 8.37 Å². The van der Waals surface area contributed by atoms with E-state index in [0.29, 0.717) is 0 Å². The van der Waals surface area contributed by atoms with E-state index in [-0.39, 0.29) is 18.2 Å². The molecule has 0 radical (unpaired) electrons. The maximum atomic E-state index is 11.7. The summed E-state index contributed by atoms with van der Waals surface area (Å²) in [6, 6.07) is 17.1. The molecule has 3 aromatic rings. The normalized spacial score (nSPS) is 30.8. The van der Waals surface area contributed by atoms with Gasteiger partial charge in [0.25, 0.3) is 0 Å². The Morgan fingerprint density at radius 3 is 2.26 bits per heavy atom. The molecule has 1 aliphatic carbocycles. The summed E-state index contributed by atoms with van der Waals surface area (Å²) < 4.78 is 25.2. The first-order chi connectivity index (χ1) is 11.3. The third-order valence-electron chi connectivity index (χ3n) is 5.08. The highest BCUT2D eigenvalue weighted by Crippen LogP contribution is 2.42. The molecule has 2 fully saturated rings. The van der Waals surface area contributed by atoms with Crippen LogP contribution in [0.2, 0.25) is 0 Å². The molecule has 4 atom stereocenters. The minimum absolute atomic E-state index is 0.0606. The number of fused-ring (bicyclic) bond motifs is 4. The molecule has 0 amide bonds. The number of rotatable bonds is 1. The molecule has 5 rings (SSSR count). The van der Waals surface area contributed by atoms with Crippen LogP contribution in [0.3, 0.4) is 0 Å². The second-order valence-corrected chi connectivity index (χ2v) is 7.10. The van der Waals surface area contributed by atoms with Gasteiger partial charge in [0.1, 0.15) is 12.2 Å². The van der Waals surface area contributed by atoms with E-state index in [9.17, 15) is 4.21 Å². The lowest BCUT2D eigenvalue weighted by molar-refractivity contribution is 0.0671. The highest BCUT2D eigenvalue weighted by molar-refractivity contribution is 7.75. The highest BCUT2D eigenvalue weighted by atomic mass is 32.2. The zero-order chi connectivity index (χ0) is 15.4. The Hall–Kier alpha value is -1.69. The number of aromatic nitrogens is 1. The van der Waals surface area contributed by atoms with Crippen molar-refractivity contribution in [3.05, 3.63) is 48.5 Å². The van der Waals surface area contributed by atoms with Gasteiger partial charge in [-0.2, -0.15) is 4.21 Å². The Bertz CT molecular complexity index is 866. The van der Waals surface area contributed by atoms with Gasteiger partial charge in [-0.15, -0.1) is 0 Å². The maximum Gasteiger partial charge on any atom is 0.305 e. The third kappa shape index (κ3) is 2.00. The van der Waals surface area contributed by atoms with Crippen molar-refractivity contribution < 1.29 is 12.6 Å². The van der Waals surface area contributed by atoms with E-state index in [1.165, 1.54) is 21.8 Å². The molecule has 1 saturated heterocycles. The van der Waals surface area contributed by atoms with Crippen molar-refractivity contribution in [2.45, 2.75) is 37.5 Å². The fraction of sp³-hybridized carbons (Fsp3) is 0.333. The molecule has 2 heterocycles. The summed E-state index contributed by atoms with van der Waals surface area (Å²) >= 11 is -1.61. The first-order valence-corrected chi connectivity index (χ1v) is 9.06. The lowest BCUT2D eigenvalue weighted by Crippen LogP contribution is -2.36. The Morgan fingerprint density at radius 2 is 1.57 bits per heavy atom. The average Bonchev–Trinajstić information content (AvgIpc) is 3.12. The predicted molar refractivity (Wildman–Crippen MR) is 90.2 cm³/mol. The lowest BCUT2D eigenvalue weighted by Gasteiger charge is -2.32. The Labute approximate surface area is 136 Å². The van der Waals surface area contributed by atoms with Crippen LogP contribution in [-0.2, 0) is 19.7 Å². The quantitative estimate of drug-likeness (QED) is 0.681. The molecule has 1 aromatic heterocycles. The number of hydrogen-bond acceptors (Lipinski definition) is 3. The molecule has 1 aliphatic heterocycles. The molecule has 4 nitrogen and oxygen atoms in total. The summed E-state index contributed by atoms with van der Waals surface area (Å²) in [5, 5.41) is 2.51. The summed E-state index contributed by atoms with van der Waals surface area (Å²) in [5.41, 5.74) is 2.42. The van der Waals surface area contributed by atoms with Crippen molar-refractivity contribution in [1.82, 2.24) is 4.57 Å². The van der Waals surface area contributed by atoms with E-state index in [4.69, 9.17) is 8.37 Å². The topological polar surface area (TPSA) is 40.5 Å². The van der Waals surface area contributed by atoms with Crippen molar-refractivity contribution >= 4 is 33.2 Å². The van der Waals surface area contributed by atoms with E-state index in [1.807, 2.05) is 0 Å². The molecule has 5 heteroatoms. The molecule has 2 aromatic carbocycles. The molecular weight excluding hydrogens is 310 g/mol. The van der Waals surface area contributed by atoms with Crippen LogP contribution in [0, 0.1) is 0 Å². The standard InChI is InChI=1S/C18H17NO3S/c20-23-21-17-11-5-10-16(18(17)22-23)19-14-8-3-1-6-12(14)13-7-2-4-9-15(13)19/h1-4,6-9,16-18H,5,10-11H2/t16-,17-,18-,23?/m0/s1. The lowest BCUT2D eigenvalue weighted by atomic mass is 9.89. The highest BCUT2D eigenvalue weighted by Gasteiger charge is 2.44. The van der Waals surface area contributed by atoms with E-state index in [0.717, 1.165) is 19.3 Å². The van der Waals surface area contributed by atoms with Crippen molar-refractivity contribution in [3.8, 4) is 0 Å². The molecule has 0 N–H and O–H groups in total. The largest absolute Gasteiger partial charge is 0.335 e. The van der Waals surface area contributed by atoms with Crippen molar-refractivity contribution in [3.63, 3.8) is 0 Å². The van der Waals surface area contributed by atoms with Crippen LogP contribution < -0.4 is 0 Å². The Morgan fingerprint density at radius 1 is 0.913 bits per heavy atom. The van der Waals surface area contributed by atoms with Crippen molar-refractivity contribution in [2.24, 2.45) is 0 Å². The van der Waals surface area contributed by atoms with Gasteiger partial charge in [0.05, 0.1) is 6.04 Å². The zero-order valence-electron chi connectivity index (χ0n) is 12.6. The smallest absolute Gasteiger partial charge is 0.305 e. The molecular formula is C18H17NO3S. The van der Waals surface area contributed by atoms with Gasteiger partial charge in [0.15, 0.2) is 0 Å². The van der Waals surface area contributed by atoms with Gasteiger partial charge >= 0.3 is 11.4 Å². The Kier molecular flexibility index (Phi) is 3.08. The van der Waals surface area contributed by atoms with E-state index in [1.54, 1.807) is 0 Å². The predicted octanol–water partition coefficient (Wildman–Crippen LogP) is 3.88. The minimum atomic E-state index is -1.61. The number of nitrogens with zero attached hydrogens (tertiary/aromatic N) is 1. The van der Waals surface area contributed by atoms with Gasteiger partial charge in [0.2, 0.25) is 0 Å². The maximum absolute atomic E-state index is 11.7. The van der Waals surface area contributed by atoms with Gasteiger partial charge in [0, 0.05) is 21.8 Å². The van der Waals surface area contributed by atoms with Gasteiger partial charge in [-0.05, 0) is 31.4 Å². The summed E-state index contributed by atoms with van der Waals surface area (Å²) in [5.74, 6) is 0. The summed E-state index contributed by atoms with van der Waals surface area (Å²) in [4.78, 5) is 0. The second-order valence-electron chi connectivity index (χ2n) is 6.30. The first-order valence-electron chi connectivity index (χ1n) is 8.06. The Balaban J connectivity index is 1.76. The third-order valence-corrected chi connectivity index (χ3v) is 5.86. The molecule has 0 bridgehead atoms. The molecule has 23 heavy (non-hydrogen) atoms. The monoisotopic (exact) mass is 327 g/mol. The van der Waals surface area contributed by atoms with E-state index >= 15 is 0 Å². The SMILES string of the molecule is O=S1O[C@@H]2[C@H](CCC[C@@H]2n2c3ccccc3c3ccccc32)O1. The summed E-state index contributed by atoms with van der Waals surface area (Å²) in [6.07, 6.45) is 2.81. The fourth-order valence-corrected chi connectivity index (χ4v) is 5.02. The minimum Gasteiger partial charge on any atom is -0.335 e. The number of para-hydroxylation sites is 2. The van der Waals surface area contributed by atoms with Gasteiger partial charge in [-0.1, -0.05) is 36.4 Å². The van der Waals surface area contributed by atoms with Crippen LogP contribution in [0.4, 0.5) is 0 Å². The van der Waals surface area contributed by atoms with Crippen LogP contribution in [-0.4, -0.2) is 21.0 Å². The van der Waals surface area contributed by atoms with Crippen LogP contribution >= 0.6 is 0 Å². The average molecular weight is 327 g/mol. The van der Waals surface area contributed by atoms with Crippen LogP contribution in [0.5, 0.6) is 0 Å². The van der Waals surface area contributed by atoms with E-state index < -0.39 is 11.4 Å². The second kappa shape index (κ2) is 5.16. The first kappa shape index (κ1) is 13.7. The number of hydrogen-bond donors (Lipinski definition) is 0. The van der Waals surface area contributed by atoms with E-state index in [2.05, 4.69) is 53.1 Å². The van der Waals surface area contributed by atoms with Crippen molar-refractivity contribution in [1.29, 1.82) is 0 Å². The molecule has 1 unspecified atom stereocenters. The van der Waals surface area contributed by atoms with Gasteiger partial charge in [-0.25, -0.2) is 0 Å². The van der Waals surface area contributed by atoms with Crippen LogP contribution in [0.1, 0.15) is 25.3 Å². The summed E-state index contributed by atoms with van der Waals surface area (Å²) in [7, 11) is 0. The fourth-order valence-electron chi connectivity index (χ4n) is 4.13.